The summed E-state index contributed by atoms with van der Waals surface area (Å²) in [6, 6.07) is -0.708. The van der Waals surface area contributed by atoms with E-state index in [0.717, 1.165) is 38.9 Å². The molecule has 1 unspecified atom stereocenters. The molecule has 0 bridgehead atoms. The number of nitrogens with zero attached hydrogens (tertiary/aromatic N) is 3. The molecule has 1 N–H and O–H groups in total. The number of piperidine rings is 1. The van der Waals surface area contributed by atoms with Crippen LogP contribution in [0.5, 0.6) is 0 Å². The van der Waals surface area contributed by atoms with Gasteiger partial charge in [0.2, 0.25) is 0 Å². The van der Waals surface area contributed by atoms with Crippen LogP contribution in [0.2, 0.25) is 0 Å². The minimum atomic E-state index is -0.877. The zero-order valence-electron chi connectivity index (χ0n) is 12.4. The Morgan fingerprint density at radius 2 is 1.80 bits per heavy atom. The maximum absolute atomic E-state index is 12.4. The highest BCUT2D eigenvalue weighted by Gasteiger charge is 2.37. The third-order valence-electron chi connectivity index (χ3n) is 4.29. The first-order valence-electron chi connectivity index (χ1n) is 7.42. The number of likely N-dealkylation sites (tertiary alicyclic amines) is 2. The van der Waals surface area contributed by atoms with Crippen LogP contribution >= 0.6 is 0 Å². The molecular formula is C14H25N3O3. The maximum Gasteiger partial charge on any atom is 0.326 e. The molecule has 2 rings (SSSR count). The van der Waals surface area contributed by atoms with E-state index in [1.165, 1.54) is 4.90 Å². The van der Waals surface area contributed by atoms with E-state index in [1.54, 1.807) is 0 Å². The molecule has 0 aromatic rings. The molecule has 0 aromatic heterocycles. The summed E-state index contributed by atoms with van der Waals surface area (Å²) in [5, 5.41) is 9.15. The molecular weight excluding hydrogens is 258 g/mol. The van der Waals surface area contributed by atoms with E-state index in [9.17, 15) is 9.59 Å². The highest BCUT2D eigenvalue weighted by atomic mass is 16.4. The number of carboxylic acids is 1. The van der Waals surface area contributed by atoms with Gasteiger partial charge in [0.1, 0.15) is 6.04 Å². The van der Waals surface area contributed by atoms with Crippen LogP contribution in [0.1, 0.15) is 25.7 Å². The number of rotatable bonds is 3. The number of hydrogen-bond acceptors (Lipinski definition) is 3. The van der Waals surface area contributed by atoms with Gasteiger partial charge in [-0.05, 0) is 45.7 Å². The normalized spacial score (nSPS) is 24.4. The number of carbonyl (C=O) groups is 2. The molecule has 6 nitrogen and oxygen atoms in total. The molecule has 2 amide bonds. The highest BCUT2D eigenvalue weighted by molar-refractivity contribution is 5.83. The standard InChI is InChI=1S/C14H25N3O3/c1-15(2)10-11-5-8-16(9-6-11)14(20)17-7-3-4-12(17)13(18)19/h11-12H,3-10H2,1-2H3,(H,18,19). The van der Waals surface area contributed by atoms with Crippen LogP contribution in [-0.2, 0) is 4.79 Å². The predicted molar refractivity (Wildman–Crippen MR) is 75.6 cm³/mol. The number of urea groups is 1. The number of hydrogen-bond donors (Lipinski definition) is 1. The largest absolute Gasteiger partial charge is 0.480 e. The van der Waals surface area contributed by atoms with Gasteiger partial charge in [-0.2, -0.15) is 0 Å². The van der Waals surface area contributed by atoms with E-state index in [-0.39, 0.29) is 6.03 Å². The van der Waals surface area contributed by atoms with E-state index in [0.29, 0.717) is 18.9 Å². The first kappa shape index (κ1) is 15.1. The number of carbonyl (C=O) groups excluding carboxylic acids is 1. The maximum atomic E-state index is 12.4. The average molecular weight is 283 g/mol. The second-order valence-electron chi connectivity index (χ2n) is 6.16. The fraction of sp³-hybridized carbons (Fsp3) is 0.857. The van der Waals surface area contributed by atoms with Crippen LogP contribution in [0, 0.1) is 5.92 Å². The summed E-state index contributed by atoms with van der Waals surface area (Å²) >= 11 is 0. The van der Waals surface area contributed by atoms with E-state index in [4.69, 9.17) is 5.11 Å². The van der Waals surface area contributed by atoms with Crippen molar-refractivity contribution in [3.05, 3.63) is 0 Å². The molecule has 2 aliphatic rings. The Morgan fingerprint density at radius 3 is 2.35 bits per heavy atom. The lowest BCUT2D eigenvalue weighted by molar-refractivity contribution is -0.141. The average Bonchev–Trinajstić information content (AvgIpc) is 2.87. The van der Waals surface area contributed by atoms with Crippen molar-refractivity contribution in [1.29, 1.82) is 0 Å². The Bertz CT molecular complexity index is 365. The van der Waals surface area contributed by atoms with Crippen molar-refractivity contribution < 1.29 is 14.7 Å². The third kappa shape index (κ3) is 3.42. The van der Waals surface area contributed by atoms with Crippen molar-refractivity contribution in [2.45, 2.75) is 31.7 Å². The summed E-state index contributed by atoms with van der Waals surface area (Å²) in [7, 11) is 4.14. The van der Waals surface area contributed by atoms with E-state index < -0.39 is 12.0 Å². The van der Waals surface area contributed by atoms with Gasteiger partial charge in [0.25, 0.3) is 0 Å². The van der Waals surface area contributed by atoms with Gasteiger partial charge in [-0.1, -0.05) is 0 Å². The van der Waals surface area contributed by atoms with Crippen LogP contribution in [0.3, 0.4) is 0 Å². The van der Waals surface area contributed by atoms with Crippen molar-refractivity contribution >= 4 is 12.0 Å². The van der Waals surface area contributed by atoms with Crippen LogP contribution in [0.25, 0.3) is 0 Å². The molecule has 6 heteroatoms. The van der Waals surface area contributed by atoms with Gasteiger partial charge >= 0.3 is 12.0 Å². The van der Waals surface area contributed by atoms with E-state index >= 15 is 0 Å². The van der Waals surface area contributed by atoms with Crippen LogP contribution in [-0.4, -0.2) is 78.1 Å². The van der Waals surface area contributed by atoms with Gasteiger partial charge < -0.3 is 19.8 Å². The lowest BCUT2D eigenvalue weighted by Crippen LogP contribution is -2.50. The van der Waals surface area contributed by atoms with Gasteiger partial charge in [0.15, 0.2) is 0 Å². The van der Waals surface area contributed by atoms with Crippen LogP contribution < -0.4 is 0 Å². The first-order chi connectivity index (χ1) is 9.49. The molecule has 0 radical (unpaired) electrons. The molecule has 20 heavy (non-hydrogen) atoms. The lowest BCUT2D eigenvalue weighted by atomic mass is 9.96. The minimum absolute atomic E-state index is 0.0850. The van der Waals surface area contributed by atoms with E-state index in [1.807, 2.05) is 4.90 Å². The summed E-state index contributed by atoms with van der Waals surface area (Å²) in [6.07, 6.45) is 3.39. The first-order valence-corrected chi connectivity index (χ1v) is 7.42. The molecule has 1 atom stereocenters. The summed E-state index contributed by atoms with van der Waals surface area (Å²) in [5.74, 6) is -0.235. The lowest BCUT2D eigenvalue weighted by Gasteiger charge is -2.36. The molecule has 2 heterocycles. The highest BCUT2D eigenvalue weighted by Crippen LogP contribution is 2.23. The van der Waals surface area contributed by atoms with Gasteiger partial charge in [0, 0.05) is 26.2 Å². The van der Waals surface area contributed by atoms with Gasteiger partial charge in [-0.25, -0.2) is 9.59 Å². The SMILES string of the molecule is CN(C)CC1CCN(C(=O)N2CCCC2C(=O)O)CC1. The fourth-order valence-electron chi connectivity index (χ4n) is 3.26. The van der Waals surface area contributed by atoms with Crippen LogP contribution in [0.4, 0.5) is 4.79 Å². The fourth-order valence-corrected chi connectivity index (χ4v) is 3.26. The Morgan fingerprint density at radius 1 is 1.15 bits per heavy atom. The van der Waals surface area contributed by atoms with Crippen molar-refractivity contribution in [1.82, 2.24) is 14.7 Å². The van der Waals surface area contributed by atoms with Gasteiger partial charge in [-0.15, -0.1) is 0 Å². The Hall–Kier alpha value is -1.30. The molecule has 2 fully saturated rings. The van der Waals surface area contributed by atoms with Crippen LogP contribution in [0.15, 0.2) is 0 Å². The van der Waals surface area contributed by atoms with Crippen molar-refractivity contribution in [2.24, 2.45) is 5.92 Å². The monoisotopic (exact) mass is 283 g/mol. The molecule has 2 aliphatic heterocycles. The Kier molecular flexibility index (Phi) is 4.86. The Labute approximate surface area is 120 Å². The molecule has 114 valence electrons. The van der Waals surface area contributed by atoms with Gasteiger partial charge in [0.05, 0.1) is 0 Å². The third-order valence-corrected chi connectivity index (χ3v) is 4.29. The number of amides is 2. The number of aliphatic carboxylic acids is 1. The van der Waals surface area contributed by atoms with Crippen molar-refractivity contribution in [3.63, 3.8) is 0 Å². The molecule has 0 aromatic carbocycles. The summed E-state index contributed by atoms with van der Waals surface area (Å²) < 4.78 is 0. The van der Waals surface area contributed by atoms with Gasteiger partial charge in [-0.3, -0.25) is 0 Å². The Balaban J connectivity index is 1.87. The zero-order chi connectivity index (χ0) is 14.7. The predicted octanol–water partition coefficient (Wildman–Crippen LogP) is 0.929. The second kappa shape index (κ2) is 6.43. The summed E-state index contributed by atoms with van der Waals surface area (Å²) in [6.45, 7) is 3.14. The molecule has 0 aliphatic carbocycles. The quantitative estimate of drug-likeness (QED) is 0.837. The zero-order valence-corrected chi connectivity index (χ0v) is 12.4. The van der Waals surface area contributed by atoms with E-state index in [2.05, 4.69) is 19.0 Å². The summed E-state index contributed by atoms with van der Waals surface area (Å²) in [4.78, 5) is 29.1. The number of carboxylic acid groups (broad SMARTS) is 1. The molecule has 2 saturated heterocycles. The second-order valence-corrected chi connectivity index (χ2v) is 6.16. The van der Waals surface area contributed by atoms with Crippen molar-refractivity contribution in [3.8, 4) is 0 Å². The summed E-state index contributed by atoms with van der Waals surface area (Å²) in [5.41, 5.74) is 0. The topological polar surface area (TPSA) is 64.1 Å². The minimum Gasteiger partial charge on any atom is -0.480 e. The molecule has 0 spiro atoms. The van der Waals surface area contributed by atoms with Crippen molar-refractivity contribution in [2.75, 3.05) is 40.3 Å². The molecule has 0 saturated carbocycles. The smallest absolute Gasteiger partial charge is 0.326 e.